The first-order valence-corrected chi connectivity index (χ1v) is 11.8. The molecule has 3 aromatic rings. The number of hydrogen-bond acceptors (Lipinski definition) is 7. The summed E-state index contributed by atoms with van der Waals surface area (Å²) in [6, 6.07) is 11.3. The first-order valence-electron chi connectivity index (χ1n) is 10.6. The summed E-state index contributed by atoms with van der Waals surface area (Å²) in [4.78, 5) is 43.6. The average Bonchev–Trinajstić information content (AvgIpc) is 3.05. The van der Waals surface area contributed by atoms with E-state index in [1.807, 2.05) is 44.2 Å². The van der Waals surface area contributed by atoms with Crippen molar-refractivity contribution in [3.05, 3.63) is 74.5 Å². The number of aryl methyl sites for hydroxylation is 2. The lowest BCUT2D eigenvalue weighted by Gasteiger charge is -2.13. The van der Waals surface area contributed by atoms with Crippen LogP contribution in [-0.2, 0) is 9.59 Å². The Labute approximate surface area is 205 Å². The van der Waals surface area contributed by atoms with E-state index in [4.69, 9.17) is 17.3 Å². The van der Waals surface area contributed by atoms with Gasteiger partial charge in [0.1, 0.15) is 15.8 Å². The van der Waals surface area contributed by atoms with Crippen LogP contribution in [0, 0.1) is 13.8 Å². The number of amides is 1. The van der Waals surface area contributed by atoms with Gasteiger partial charge in [-0.1, -0.05) is 47.7 Å². The van der Waals surface area contributed by atoms with Crippen molar-refractivity contribution in [2.45, 2.75) is 26.7 Å². The van der Waals surface area contributed by atoms with Gasteiger partial charge in [0.05, 0.1) is 10.5 Å². The molecule has 10 heteroatoms. The van der Waals surface area contributed by atoms with Gasteiger partial charge in [-0.15, -0.1) is 0 Å². The van der Waals surface area contributed by atoms with Crippen molar-refractivity contribution in [2.24, 2.45) is 0 Å². The molecule has 174 valence electrons. The van der Waals surface area contributed by atoms with E-state index in [-0.39, 0.29) is 36.4 Å². The number of thioether (sulfide) groups is 1. The molecule has 34 heavy (non-hydrogen) atoms. The third-order valence-corrected chi connectivity index (χ3v) is 6.62. The summed E-state index contributed by atoms with van der Waals surface area (Å²) in [6.07, 6.45) is 3.44. The second-order valence-corrected chi connectivity index (χ2v) is 9.61. The van der Waals surface area contributed by atoms with Crippen LogP contribution in [0.2, 0.25) is 0 Å². The number of nitrogens with one attached hydrogen (secondary N) is 1. The zero-order valence-corrected chi connectivity index (χ0v) is 20.2. The Morgan fingerprint density at radius 2 is 1.85 bits per heavy atom. The summed E-state index contributed by atoms with van der Waals surface area (Å²) in [5, 5.41) is 12.1. The van der Waals surface area contributed by atoms with E-state index in [1.165, 1.54) is 15.4 Å². The molecule has 0 bridgehead atoms. The van der Waals surface area contributed by atoms with Crippen LogP contribution in [-0.4, -0.2) is 42.1 Å². The fourth-order valence-electron chi connectivity index (χ4n) is 3.47. The van der Waals surface area contributed by atoms with Crippen molar-refractivity contribution in [3.63, 3.8) is 0 Å². The van der Waals surface area contributed by atoms with E-state index in [0.29, 0.717) is 20.7 Å². The number of fused-ring (bicyclic) bond motifs is 1. The fraction of sp³-hybridized carbons (Fsp3) is 0.208. The Balaban J connectivity index is 1.76. The molecule has 1 saturated heterocycles. The Morgan fingerprint density at radius 1 is 1.15 bits per heavy atom. The smallest absolute Gasteiger partial charge is 0.303 e. The van der Waals surface area contributed by atoms with Gasteiger partial charge >= 0.3 is 5.97 Å². The van der Waals surface area contributed by atoms with Crippen LogP contribution < -0.4 is 10.9 Å². The lowest BCUT2D eigenvalue weighted by Crippen LogP contribution is -2.29. The van der Waals surface area contributed by atoms with Crippen molar-refractivity contribution in [2.75, 3.05) is 11.9 Å². The van der Waals surface area contributed by atoms with Crippen molar-refractivity contribution >= 4 is 63.4 Å². The summed E-state index contributed by atoms with van der Waals surface area (Å²) in [5.41, 5.74) is 3.13. The molecule has 0 saturated carbocycles. The summed E-state index contributed by atoms with van der Waals surface area (Å²) < 4.78 is 1.79. The highest BCUT2D eigenvalue weighted by Gasteiger charge is 2.32. The van der Waals surface area contributed by atoms with Gasteiger partial charge in [0.25, 0.3) is 11.5 Å². The molecule has 0 aliphatic carbocycles. The lowest BCUT2D eigenvalue weighted by molar-refractivity contribution is -0.137. The minimum absolute atomic E-state index is 0.0595. The van der Waals surface area contributed by atoms with Crippen LogP contribution in [0.1, 0.15) is 29.5 Å². The van der Waals surface area contributed by atoms with Crippen LogP contribution >= 0.6 is 24.0 Å². The topological polar surface area (TPSA) is 104 Å². The average molecular weight is 495 g/mol. The van der Waals surface area contributed by atoms with E-state index in [0.717, 1.165) is 28.6 Å². The summed E-state index contributed by atoms with van der Waals surface area (Å²) >= 11 is 6.42. The molecule has 2 N–H and O–H groups in total. The quantitative estimate of drug-likeness (QED) is 0.373. The van der Waals surface area contributed by atoms with E-state index in [2.05, 4.69) is 10.3 Å². The van der Waals surface area contributed by atoms with E-state index >= 15 is 0 Å². The molecule has 8 nitrogen and oxygen atoms in total. The van der Waals surface area contributed by atoms with E-state index in [1.54, 1.807) is 12.3 Å². The maximum absolute atomic E-state index is 13.5. The van der Waals surface area contributed by atoms with Gasteiger partial charge in [0.2, 0.25) is 0 Å². The second-order valence-electron chi connectivity index (χ2n) is 7.94. The first-order chi connectivity index (χ1) is 16.2. The fourth-order valence-corrected chi connectivity index (χ4v) is 4.76. The molecule has 2 aromatic heterocycles. The predicted octanol–water partition coefficient (Wildman–Crippen LogP) is 4.12. The molecule has 0 atom stereocenters. The zero-order valence-electron chi connectivity index (χ0n) is 18.6. The Kier molecular flexibility index (Phi) is 6.80. The van der Waals surface area contributed by atoms with Crippen LogP contribution in [0.15, 0.2) is 52.3 Å². The molecule has 1 aliphatic heterocycles. The summed E-state index contributed by atoms with van der Waals surface area (Å²) in [5.74, 6) is -0.956. The SMILES string of the molecule is Cc1ccc(Nc2nc3ccc(C)cn3c(=O)c2/C=C2\SC(=S)N(CCCC(=O)O)C2=O)cc1. The van der Waals surface area contributed by atoms with Crippen LogP contribution in [0.4, 0.5) is 11.5 Å². The second kappa shape index (κ2) is 9.78. The number of benzene rings is 1. The molecular formula is C24H22N4O4S2. The van der Waals surface area contributed by atoms with Gasteiger partial charge in [0.15, 0.2) is 0 Å². The molecule has 1 aromatic carbocycles. The number of thiocarbonyl (C=S) groups is 1. The van der Waals surface area contributed by atoms with E-state index < -0.39 is 5.97 Å². The normalized spacial score (nSPS) is 14.9. The molecule has 0 radical (unpaired) electrons. The van der Waals surface area contributed by atoms with Crippen molar-refractivity contribution in [3.8, 4) is 0 Å². The number of nitrogens with zero attached hydrogens (tertiary/aromatic N) is 3. The van der Waals surface area contributed by atoms with Crippen molar-refractivity contribution in [1.29, 1.82) is 0 Å². The molecule has 1 fully saturated rings. The Hall–Kier alpha value is -3.50. The third kappa shape index (κ3) is 5.02. The highest BCUT2D eigenvalue weighted by Crippen LogP contribution is 2.33. The van der Waals surface area contributed by atoms with Gasteiger partial charge in [-0.3, -0.25) is 23.7 Å². The molecular weight excluding hydrogens is 472 g/mol. The molecule has 0 unspecified atom stereocenters. The van der Waals surface area contributed by atoms with Gasteiger partial charge in [-0.25, -0.2) is 4.98 Å². The number of carboxylic acids is 1. The molecule has 1 amide bonds. The number of anilines is 2. The minimum Gasteiger partial charge on any atom is -0.481 e. The van der Waals surface area contributed by atoms with Gasteiger partial charge in [-0.05, 0) is 50.1 Å². The first kappa shape index (κ1) is 23.7. The van der Waals surface area contributed by atoms with Crippen LogP contribution in [0.3, 0.4) is 0 Å². The van der Waals surface area contributed by atoms with Crippen LogP contribution in [0.5, 0.6) is 0 Å². The molecule has 4 rings (SSSR count). The monoisotopic (exact) mass is 494 g/mol. The van der Waals surface area contributed by atoms with E-state index in [9.17, 15) is 14.4 Å². The van der Waals surface area contributed by atoms with Gasteiger partial charge in [0, 0.05) is 24.8 Å². The highest BCUT2D eigenvalue weighted by molar-refractivity contribution is 8.26. The number of rotatable bonds is 7. The Bertz CT molecular complexity index is 1400. The van der Waals surface area contributed by atoms with Crippen molar-refractivity contribution < 1.29 is 14.7 Å². The number of aliphatic carboxylic acids is 1. The maximum Gasteiger partial charge on any atom is 0.303 e. The molecule has 1 aliphatic rings. The summed E-state index contributed by atoms with van der Waals surface area (Å²) in [7, 11) is 0. The number of hydrogen-bond donors (Lipinski definition) is 2. The lowest BCUT2D eigenvalue weighted by atomic mass is 10.2. The maximum atomic E-state index is 13.5. The largest absolute Gasteiger partial charge is 0.481 e. The third-order valence-electron chi connectivity index (χ3n) is 5.24. The summed E-state index contributed by atoms with van der Waals surface area (Å²) in [6.45, 7) is 4.07. The molecule has 3 heterocycles. The number of pyridine rings is 1. The van der Waals surface area contributed by atoms with Gasteiger partial charge in [-0.2, -0.15) is 0 Å². The Morgan fingerprint density at radius 3 is 2.56 bits per heavy atom. The predicted molar refractivity (Wildman–Crippen MR) is 137 cm³/mol. The van der Waals surface area contributed by atoms with Crippen molar-refractivity contribution in [1.82, 2.24) is 14.3 Å². The number of aromatic nitrogens is 2. The number of carbonyl (C=O) groups is 2. The van der Waals surface area contributed by atoms with Gasteiger partial charge < -0.3 is 10.4 Å². The highest BCUT2D eigenvalue weighted by atomic mass is 32.2. The number of carboxylic acid groups (broad SMARTS) is 1. The standard InChI is InChI=1S/C24H22N4O4S2/c1-14-5-8-16(9-6-14)25-21-17(22(31)28-13-15(2)7-10-19(28)26-21)12-18-23(32)27(24(33)34-18)11-3-4-20(29)30/h5-10,12-13,25H,3-4,11H2,1-2H3,(H,29,30)/b18-12-. The number of carbonyl (C=O) groups excluding carboxylic acids is 1. The zero-order chi connectivity index (χ0) is 24.4. The minimum atomic E-state index is -0.932. The molecule has 0 spiro atoms. The van der Waals surface area contributed by atoms with Crippen LogP contribution in [0.25, 0.3) is 11.7 Å².